The summed E-state index contributed by atoms with van der Waals surface area (Å²) in [7, 11) is 0. The summed E-state index contributed by atoms with van der Waals surface area (Å²) in [5.41, 5.74) is 1.35. The van der Waals surface area contributed by atoms with Crippen molar-refractivity contribution >= 4 is 15.0 Å². The number of rotatable bonds is 9. The summed E-state index contributed by atoms with van der Waals surface area (Å²) in [6.07, 6.45) is 9.00. The van der Waals surface area contributed by atoms with Gasteiger partial charge in [-0.05, 0) is 0 Å². The van der Waals surface area contributed by atoms with Gasteiger partial charge in [-0.15, -0.1) is 0 Å². The summed E-state index contributed by atoms with van der Waals surface area (Å²) in [6.45, 7) is 6.62. The maximum atomic E-state index is 7.94. The summed E-state index contributed by atoms with van der Waals surface area (Å²) >= 11 is 0.449. The minimum absolute atomic E-state index is 0.449. The Bertz CT molecular complexity index is 175. The van der Waals surface area contributed by atoms with Gasteiger partial charge in [-0.2, -0.15) is 0 Å². The summed E-state index contributed by atoms with van der Waals surface area (Å²) in [4.78, 5) is 0.965. The molecule has 0 unspecified atom stereocenters. The van der Waals surface area contributed by atoms with E-state index in [4.69, 9.17) is 1.37 Å². The summed E-state index contributed by atoms with van der Waals surface area (Å²) in [5.74, 6) is 0. The predicted octanol–water partition coefficient (Wildman–Crippen LogP) is 4.78. The van der Waals surface area contributed by atoms with Crippen molar-refractivity contribution in [2.45, 2.75) is 71.0 Å². The van der Waals surface area contributed by atoms with Crippen molar-refractivity contribution in [2.24, 2.45) is 0 Å². The number of unbranched alkanes of at least 4 members (excludes halogenated alkanes) is 4. The molecule has 0 atom stereocenters. The normalized spacial score (nSPS) is 13.8. The zero-order chi connectivity index (χ0) is 11.5. The quantitative estimate of drug-likeness (QED) is 0.414. The molecule has 84 valence electrons. The van der Waals surface area contributed by atoms with E-state index in [1.165, 1.54) is 49.4 Å². The Labute approximate surface area is 98.1 Å². The Balaban J connectivity index is 3.62. The van der Waals surface area contributed by atoms with Crippen LogP contribution in [0.3, 0.4) is 0 Å². The van der Waals surface area contributed by atoms with E-state index in [-0.39, 0.29) is 0 Å². The van der Waals surface area contributed by atoms with Gasteiger partial charge in [-0.1, -0.05) is 0 Å². The van der Waals surface area contributed by atoms with E-state index in [1.54, 1.807) is 0 Å². The van der Waals surface area contributed by atoms with E-state index in [0.29, 0.717) is 15.0 Å². The molecule has 0 heterocycles. The topological polar surface area (TPSA) is 0 Å². The SMILES string of the molecule is [2H]/C([Se]CCCC)=C(\C)CCCCCC. The predicted molar refractivity (Wildman–Crippen MR) is 68.0 cm³/mol. The molecule has 0 aliphatic rings. The summed E-state index contributed by atoms with van der Waals surface area (Å²) in [6, 6.07) is 0. The van der Waals surface area contributed by atoms with E-state index in [0.717, 1.165) is 11.4 Å². The molecule has 14 heavy (non-hydrogen) atoms. The van der Waals surface area contributed by atoms with Gasteiger partial charge in [0.2, 0.25) is 0 Å². The fourth-order valence-electron chi connectivity index (χ4n) is 1.26. The Kier molecular flexibility index (Phi) is 9.98. The third-order valence-electron chi connectivity index (χ3n) is 2.25. The molecule has 0 nitrogen and oxygen atoms in total. The first-order valence-corrected chi connectivity index (χ1v) is 8.08. The van der Waals surface area contributed by atoms with Crippen LogP contribution in [0.25, 0.3) is 0 Å². The van der Waals surface area contributed by atoms with Crippen LogP contribution in [-0.4, -0.2) is 15.0 Å². The summed E-state index contributed by atoms with van der Waals surface area (Å²) < 4.78 is 7.94. The van der Waals surface area contributed by atoms with Crippen LogP contribution in [0, 0.1) is 0 Å². The average molecular weight is 262 g/mol. The molecule has 0 N–H and O–H groups in total. The third kappa shape index (κ3) is 10.3. The van der Waals surface area contributed by atoms with E-state index >= 15 is 0 Å². The van der Waals surface area contributed by atoms with Gasteiger partial charge >= 0.3 is 97.9 Å². The Hall–Kier alpha value is 0.259. The molecule has 0 fully saturated rings. The summed E-state index contributed by atoms with van der Waals surface area (Å²) in [5, 5.41) is 1.26. The fraction of sp³-hybridized carbons (Fsp3) is 0.846. The van der Waals surface area contributed by atoms with Gasteiger partial charge in [0.05, 0.1) is 0 Å². The van der Waals surface area contributed by atoms with Gasteiger partial charge in [0.25, 0.3) is 0 Å². The molecule has 0 rings (SSSR count). The zero-order valence-corrected chi connectivity index (χ0v) is 11.8. The molecule has 0 saturated heterocycles. The number of allylic oxidation sites excluding steroid dienone is 1. The van der Waals surface area contributed by atoms with Crippen molar-refractivity contribution in [3.8, 4) is 0 Å². The first-order valence-electron chi connectivity index (χ1n) is 6.51. The van der Waals surface area contributed by atoms with Gasteiger partial charge in [0, 0.05) is 0 Å². The second-order valence-electron chi connectivity index (χ2n) is 3.90. The standard InChI is InChI=1S/C13H26Se/c1-4-6-8-9-10-13(3)12-14-11-7-5-2/h12H,4-11H2,1-3H3/b13-12-/i12D. The van der Waals surface area contributed by atoms with E-state index < -0.39 is 0 Å². The van der Waals surface area contributed by atoms with E-state index in [2.05, 4.69) is 20.8 Å². The van der Waals surface area contributed by atoms with Crippen molar-refractivity contribution in [1.82, 2.24) is 0 Å². The van der Waals surface area contributed by atoms with Gasteiger partial charge in [0.1, 0.15) is 0 Å². The molecule has 0 aromatic carbocycles. The van der Waals surface area contributed by atoms with Crippen LogP contribution in [0.4, 0.5) is 0 Å². The third-order valence-corrected chi connectivity index (χ3v) is 4.32. The molecular formula is C13H26Se. The van der Waals surface area contributed by atoms with Crippen LogP contribution in [-0.2, 0) is 0 Å². The first-order chi connectivity index (χ1) is 7.22. The van der Waals surface area contributed by atoms with Crippen molar-refractivity contribution < 1.29 is 1.37 Å². The first kappa shape index (κ1) is 12.3. The van der Waals surface area contributed by atoms with Gasteiger partial charge in [-0.25, -0.2) is 0 Å². The maximum absolute atomic E-state index is 7.94. The van der Waals surface area contributed by atoms with Crippen molar-refractivity contribution in [3.05, 3.63) is 10.5 Å². The molecule has 0 saturated carbocycles. The van der Waals surface area contributed by atoms with Gasteiger partial charge in [0.15, 0.2) is 0 Å². The van der Waals surface area contributed by atoms with Gasteiger partial charge < -0.3 is 0 Å². The molecule has 0 aliphatic carbocycles. The van der Waals surface area contributed by atoms with Crippen LogP contribution >= 0.6 is 0 Å². The Morgan fingerprint density at radius 2 is 1.86 bits per heavy atom. The zero-order valence-electron chi connectivity index (χ0n) is 11.1. The molecule has 0 spiro atoms. The van der Waals surface area contributed by atoms with Crippen molar-refractivity contribution in [3.63, 3.8) is 0 Å². The van der Waals surface area contributed by atoms with Crippen LogP contribution in [0.2, 0.25) is 5.32 Å². The average Bonchev–Trinajstić information content (AvgIpc) is 2.24. The Morgan fingerprint density at radius 1 is 1.14 bits per heavy atom. The van der Waals surface area contributed by atoms with Crippen molar-refractivity contribution in [2.75, 3.05) is 0 Å². The molecule has 0 radical (unpaired) electrons. The molecule has 0 amide bonds. The molecular weight excluding hydrogens is 235 g/mol. The second kappa shape index (κ2) is 11.3. The van der Waals surface area contributed by atoms with Crippen LogP contribution in [0.15, 0.2) is 10.5 Å². The molecule has 0 aromatic rings. The van der Waals surface area contributed by atoms with Gasteiger partial charge in [-0.3, -0.25) is 0 Å². The van der Waals surface area contributed by atoms with E-state index in [9.17, 15) is 0 Å². The molecule has 0 aromatic heterocycles. The van der Waals surface area contributed by atoms with Crippen LogP contribution in [0.5, 0.6) is 0 Å². The monoisotopic (exact) mass is 263 g/mol. The van der Waals surface area contributed by atoms with Crippen LogP contribution < -0.4 is 0 Å². The molecule has 0 bridgehead atoms. The van der Waals surface area contributed by atoms with Crippen molar-refractivity contribution in [1.29, 1.82) is 0 Å². The van der Waals surface area contributed by atoms with E-state index in [1.807, 2.05) is 0 Å². The van der Waals surface area contributed by atoms with Crippen LogP contribution in [0.1, 0.15) is 67.1 Å². The fourth-order valence-corrected chi connectivity index (χ4v) is 3.11. The minimum atomic E-state index is 0.449. The second-order valence-corrected chi connectivity index (χ2v) is 5.79. The number of hydrogen-bond acceptors (Lipinski definition) is 0. The molecule has 0 aliphatic heterocycles. The Morgan fingerprint density at radius 3 is 2.50 bits per heavy atom. The number of hydrogen-bond donors (Lipinski definition) is 0. The molecule has 1 heteroatoms.